The van der Waals surface area contributed by atoms with Crippen LogP contribution in [0.15, 0.2) is 42.5 Å². The zero-order valence-corrected chi connectivity index (χ0v) is 17.7. The lowest BCUT2D eigenvalue weighted by atomic mass is 9.97. The Balaban J connectivity index is 1.58. The lowest BCUT2D eigenvalue weighted by Gasteiger charge is -2.38. The monoisotopic (exact) mass is 394 g/mol. The Kier molecular flexibility index (Phi) is 6.57. The third-order valence-corrected chi connectivity index (χ3v) is 5.81. The Morgan fingerprint density at radius 1 is 1.03 bits per heavy atom. The van der Waals surface area contributed by atoms with Crippen molar-refractivity contribution in [3.63, 3.8) is 0 Å². The van der Waals surface area contributed by atoms with E-state index in [1.165, 1.54) is 6.42 Å². The molecule has 5 heteroatoms. The molecule has 1 N–H and O–H groups in total. The molecule has 5 nitrogen and oxygen atoms in total. The summed E-state index contributed by atoms with van der Waals surface area (Å²) in [6, 6.07) is 13.2. The zero-order chi connectivity index (χ0) is 21.0. The first-order valence-electron chi connectivity index (χ1n) is 10.3. The normalized spacial score (nSPS) is 19.0. The van der Waals surface area contributed by atoms with Gasteiger partial charge >= 0.3 is 0 Å². The van der Waals surface area contributed by atoms with Gasteiger partial charge in [0, 0.05) is 23.3 Å². The number of benzene rings is 2. The number of rotatable bonds is 5. The molecule has 29 heavy (non-hydrogen) atoms. The number of nitrogens with one attached hydrogen (secondary N) is 1. The fourth-order valence-corrected chi connectivity index (χ4v) is 3.92. The van der Waals surface area contributed by atoms with Gasteiger partial charge in [-0.25, -0.2) is 0 Å². The van der Waals surface area contributed by atoms with Crippen LogP contribution in [0.25, 0.3) is 0 Å². The average Bonchev–Trinajstić information content (AvgIpc) is 2.70. The van der Waals surface area contributed by atoms with E-state index in [-0.39, 0.29) is 30.5 Å². The van der Waals surface area contributed by atoms with Gasteiger partial charge in [0.25, 0.3) is 11.8 Å². The van der Waals surface area contributed by atoms with Crippen molar-refractivity contribution in [2.75, 3.05) is 11.9 Å². The number of likely N-dealkylation sites (tertiary alicyclic amines) is 1. The van der Waals surface area contributed by atoms with E-state index in [2.05, 4.69) is 19.2 Å². The van der Waals surface area contributed by atoms with Gasteiger partial charge in [0.05, 0.1) is 0 Å². The highest BCUT2D eigenvalue weighted by atomic mass is 16.5. The number of piperidine rings is 1. The van der Waals surface area contributed by atoms with Gasteiger partial charge in [0.1, 0.15) is 5.75 Å². The Morgan fingerprint density at radius 2 is 1.69 bits per heavy atom. The van der Waals surface area contributed by atoms with Crippen molar-refractivity contribution in [3.05, 3.63) is 59.2 Å². The molecule has 2 aromatic rings. The molecule has 0 spiro atoms. The van der Waals surface area contributed by atoms with Gasteiger partial charge in [-0.15, -0.1) is 0 Å². The second-order valence-electron chi connectivity index (χ2n) is 7.94. The molecule has 1 fully saturated rings. The van der Waals surface area contributed by atoms with Crippen LogP contribution in [0.3, 0.4) is 0 Å². The van der Waals surface area contributed by atoms with E-state index >= 15 is 0 Å². The molecule has 0 radical (unpaired) electrons. The highest BCUT2D eigenvalue weighted by molar-refractivity contribution is 6.04. The topological polar surface area (TPSA) is 58.6 Å². The Bertz CT molecular complexity index is 866. The van der Waals surface area contributed by atoms with Crippen LogP contribution >= 0.6 is 0 Å². The minimum atomic E-state index is -0.169. The standard InChI is InChI=1S/C24H30N2O3/c1-16-7-5-10-22(19(16)4)25-24(28)20-11-13-21(14-12-20)29-15-23(27)26-17(2)8-6-9-18(26)3/h5,7,10-14,17-18H,6,8-9,15H2,1-4H3,(H,25,28). The van der Waals surface area contributed by atoms with E-state index in [9.17, 15) is 9.59 Å². The third kappa shape index (κ3) is 4.97. The van der Waals surface area contributed by atoms with Crippen molar-refractivity contribution >= 4 is 17.5 Å². The zero-order valence-electron chi connectivity index (χ0n) is 17.7. The minimum absolute atomic E-state index is 0.0152. The number of nitrogens with zero attached hydrogens (tertiary/aromatic N) is 1. The van der Waals surface area contributed by atoms with E-state index in [1.807, 2.05) is 36.9 Å². The van der Waals surface area contributed by atoms with Gasteiger partial charge in [0.2, 0.25) is 0 Å². The number of hydrogen-bond acceptors (Lipinski definition) is 3. The smallest absolute Gasteiger partial charge is 0.260 e. The van der Waals surface area contributed by atoms with Crippen molar-refractivity contribution in [2.45, 2.75) is 59.0 Å². The van der Waals surface area contributed by atoms with Crippen LogP contribution in [0, 0.1) is 13.8 Å². The Morgan fingerprint density at radius 3 is 2.34 bits per heavy atom. The largest absolute Gasteiger partial charge is 0.484 e. The van der Waals surface area contributed by atoms with E-state index in [0.717, 1.165) is 29.7 Å². The van der Waals surface area contributed by atoms with Crippen LogP contribution in [0.4, 0.5) is 5.69 Å². The highest BCUT2D eigenvalue weighted by Crippen LogP contribution is 2.23. The lowest BCUT2D eigenvalue weighted by molar-refractivity contribution is -0.139. The van der Waals surface area contributed by atoms with Gasteiger partial charge < -0.3 is 15.0 Å². The molecule has 2 aromatic carbocycles. The fraction of sp³-hybridized carbons (Fsp3) is 0.417. The molecule has 2 atom stereocenters. The molecule has 1 aliphatic heterocycles. The van der Waals surface area contributed by atoms with E-state index < -0.39 is 0 Å². The van der Waals surface area contributed by atoms with Crippen LogP contribution in [-0.2, 0) is 4.79 Å². The molecule has 1 heterocycles. The number of ether oxygens (including phenoxy) is 1. The molecular weight excluding hydrogens is 364 g/mol. The van der Waals surface area contributed by atoms with Gasteiger partial charge in [-0.3, -0.25) is 9.59 Å². The first-order chi connectivity index (χ1) is 13.9. The van der Waals surface area contributed by atoms with Gasteiger partial charge in [-0.2, -0.15) is 0 Å². The molecule has 2 unspecified atom stereocenters. The molecule has 0 aromatic heterocycles. The van der Waals surface area contributed by atoms with Gasteiger partial charge in [-0.1, -0.05) is 12.1 Å². The first kappa shape index (κ1) is 20.9. The molecule has 0 bridgehead atoms. The van der Waals surface area contributed by atoms with Crippen LogP contribution in [-0.4, -0.2) is 35.4 Å². The van der Waals surface area contributed by atoms with Gasteiger partial charge in [0.15, 0.2) is 6.61 Å². The molecular formula is C24H30N2O3. The second kappa shape index (κ2) is 9.12. The summed E-state index contributed by atoms with van der Waals surface area (Å²) in [7, 11) is 0. The molecule has 2 amide bonds. The molecule has 1 aliphatic rings. The number of aryl methyl sites for hydroxylation is 1. The predicted octanol–water partition coefficient (Wildman–Crippen LogP) is 4.72. The Hall–Kier alpha value is -2.82. The Labute approximate surface area is 173 Å². The summed E-state index contributed by atoms with van der Waals surface area (Å²) >= 11 is 0. The van der Waals surface area contributed by atoms with Crippen LogP contribution in [0.5, 0.6) is 5.75 Å². The summed E-state index contributed by atoms with van der Waals surface area (Å²) in [5.74, 6) is 0.428. The van der Waals surface area contributed by atoms with E-state index in [0.29, 0.717) is 11.3 Å². The minimum Gasteiger partial charge on any atom is -0.484 e. The van der Waals surface area contributed by atoms with Crippen molar-refractivity contribution in [2.24, 2.45) is 0 Å². The van der Waals surface area contributed by atoms with E-state index in [4.69, 9.17) is 4.74 Å². The number of anilines is 1. The molecule has 3 rings (SSSR count). The molecule has 1 saturated heterocycles. The maximum absolute atomic E-state index is 12.6. The summed E-state index contributed by atoms with van der Waals surface area (Å²) in [5.41, 5.74) is 3.54. The molecule has 0 saturated carbocycles. The SMILES string of the molecule is Cc1cccc(NC(=O)c2ccc(OCC(=O)N3C(C)CCCC3C)cc2)c1C. The summed E-state index contributed by atoms with van der Waals surface area (Å²) in [6.45, 7) is 8.21. The van der Waals surface area contributed by atoms with Crippen LogP contribution < -0.4 is 10.1 Å². The maximum Gasteiger partial charge on any atom is 0.260 e. The van der Waals surface area contributed by atoms with Crippen LogP contribution in [0.2, 0.25) is 0 Å². The summed E-state index contributed by atoms with van der Waals surface area (Å²) in [6.07, 6.45) is 3.25. The van der Waals surface area contributed by atoms with Crippen molar-refractivity contribution in [3.8, 4) is 5.75 Å². The van der Waals surface area contributed by atoms with Crippen LogP contribution in [0.1, 0.15) is 54.6 Å². The number of carbonyl (C=O) groups is 2. The van der Waals surface area contributed by atoms with Gasteiger partial charge in [-0.05, 0) is 88.4 Å². The molecule has 0 aliphatic carbocycles. The third-order valence-electron chi connectivity index (χ3n) is 5.81. The lowest BCUT2D eigenvalue weighted by Crippen LogP contribution is -2.49. The predicted molar refractivity (Wildman–Crippen MR) is 115 cm³/mol. The fourth-order valence-electron chi connectivity index (χ4n) is 3.92. The van der Waals surface area contributed by atoms with Crippen molar-refractivity contribution < 1.29 is 14.3 Å². The maximum atomic E-state index is 12.6. The summed E-state index contributed by atoms with van der Waals surface area (Å²) in [4.78, 5) is 27.0. The van der Waals surface area contributed by atoms with Crippen molar-refractivity contribution in [1.29, 1.82) is 0 Å². The number of hydrogen-bond donors (Lipinski definition) is 1. The van der Waals surface area contributed by atoms with E-state index in [1.54, 1.807) is 24.3 Å². The quantitative estimate of drug-likeness (QED) is 0.798. The second-order valence-corrected chi connectivity index (χ2v) is 7.94. The molecule has 154 valence electrons. The number of amides is 2. The van der Waals surface area contributed by atoms with Crippen molar-refractivity contribution in [1.82, 2.24) is 4.90 Å². The average molecular weight is 395 g/mol. The number of carbonyl (C=O) groups excluding carboxylic acids is 2. The first-order valence-corrected chi connectivity index (χ1v) is 10.3. The highest BCUT2D eigenvalue weighted by Gasteiger charge is 2.28. The summed E-state index contributed by atoms with van der Waals surface area (Å²) < 4.78 is 5.68. The summed E-state index contributed by atoms with van der Waals surface area (Å²) in [5, 5.41) is 2.95.